The van der Waals surface area contributed by atoms with E-state index in [-0.39, 0.29) is 11.8 Å². The van der Waals surface area contributed by atoms with E-state index < -0.39 is 0 Å². The van der Waals surface area contributed by atoms with E-state index in [1.165, 1.54) is 48.0 Å². The average molecular weight is 620 g/mol. The number of hydrogen-bond acceptors (Lipinski definition) is 4. The van der Waals surface area contributed by atoms with E-state index in [9.17, 15) is 0 Å². The molecule has 4 heteroatoms. The number of benzene rings is 6. The maximum atomic E-state index is 5.19. The summed E-state index contributed by atoms with van der Waals surface area (Å²) in [4.78, 5) is 15.3. The van der Waals surface area contributed by atoms with Crippen LogP contribution in [0, 0.1) is 0 Å². The third kappa shape index (κ3) is 5.04. The molecular weight excluding hydrogens is 591 g/mol. The summed E-state index contributed by atoms with van der Waals surface area (Å²) in [6.07, 6.45) is 4.57. The Morgan fingerprint density at radius 3 is 1.83 bits per heavy atom. The zero-order valence-electron chi connectivity index (χ0n) is 25.5. The van der Waals surface area contributed by atoms with Crippen LogP contribution < -0.4 is 0 Å². The molecule has 8 aromatic rings. The SMILES string of the molecule is C1=CC(c2ccc(-c3ccc4sc5ccccc5c4c3)cc2)C(c2nc(-c3ccccc3)nc(-c3ccccc3)n2)c2ccccc21. The molecule has 2 atom stereocenters. The summed E-state index contributed by atoms with van der Waals surface area (Å²) >= 11 is 1.85. The van der Waals surface area contributed by atoms with Crippen LogP contribution in [0.5, 0.6) is 0 Å². The quantitative estimate of drug-likeness (QED) is 0.192. The van der Waals surface area contributed by atoms with Gasteiger partial charge in [0.25, 0.3) is 0 Å². The molecule has 6 aromatic carbocycles. The molecular formula is C43H29N3S. The van der Waals surface area contributed by atoms with Crippen molar-refractivity contribution in [2.45, 2.75) is 11.8 Å². The first-order chi connectivity index (χ1) is 23.3. The molecule has 2 aromatic heterocycles. The standard InChI is InChI=1S/C43H29N3S/c1-3-12-31(13-4-1)41-44-42(32-14-5-2-6-15-32)46-43(45-41)40-34-16-8-7-11-29(34)23-25-35(40)30-21-19-28(20-22-30)33-24-26-39-37(27-33)36-17-9-10-18-38(36)47-39/h1-27,35,40H. The van der Waals surface area contributed by atoms with Crippen LogP contribution in [-0.2, 0) is 0 Å². The molecule has 0 fully saturated rings. The molecule has 1 aliphatic rings. The van der Waals surface area contributed by atoms with Crippen LogP contribution in [-0.4, -0.2) is 15.0 Å². The lowest BCUT2D eigenvalue weighted by molar-refractivity contribution is 0.659. The normalized spacial score (nSPS) is 15.6. The Labute approximate surface area is 277 Å². The van der Waals surface area contributed by atoms with Crippen molar-refractivity contribution in [2.75, 3.05) is 0 Å². The highest BCUT2D eigenvalue weighted by Gasteiger charge is 2.32. The minimum absolute atomic E-state index is 0.0527. The molecule has 3 nitrogen and oxygen atoms in total. The van der Waals surface area contributed by atoms with Gasteiger partial charge in [0.1, 0.15) is 5.82 Å². The van der Waals surface area contributed by atoms with Crippen LogP contribution >= 0.6 is 11.3 Å². The number of rotatable bonds is 5. The number of allylic oxidation sites excluding steroid dienone is 1. The lowest BCUT2D eigenvalue weighted by atomic mass is 9.75. The van der Waals surface area contributed by atoms with E-state index >= 15 is 0 Å². The molecule has 222 valence electrons. The van der Waals surface area contributed by atoms with Gasteiger partial charge in [-0.3, -0.25) is 0 Å². The van der Waals surface area contributed by atoms with Crippen LogP contribution in [0.1, 0.15) is 34.4 Å². The molecule has 0 aliphatic heterocycles. The molecule has 2 heterocycles. The lowest BCUT2D eigenvalue weighted by Gasteiger charge is -2.30. The Kier molecular flexibility index (Phi) is 6.80. The van der Waals surface area contributed by atoms with Gasteiger partial charge in [-0.1, -0.05) is 146 Å². The van der Waals surface area contributed by atoms with Crippen molar-refractivity contribution < 1.29 is 0 Å². The fourth-order valence-corrected chi connectivity index (χ4v) is 7.91. The second-order valence-corrected chi connectivity index (χ2v) is 13.1. The summed E-state index contributed by atoms with van der Waals surface area (Å²) < 4.78 is 2.65. The third-order valence-corrected chi connectivity index (χ3v) is 10.3. The summed E-state index contributed by atoms with van der Waals surface area (Å²) in [5, 5.41) is 2.64. The van der Waals surface area contributed by atoms with Crippen molar-refractivity contribution in [1.82, 2.24) is 15.0 Å². The van der Waals surface area contributed by atoms with Crippen LogP contribution in [0.15, 0.2) is 158 Å². The van der Waals surface area contributed by atoms with Crippen LogP contribution in [0.2, 0.25) is 0 Å². The van der Waals surface area contributed by atoms with Crippen molar-refractivity contribution >= 4 is 37.6 Å². The van der Waals surface area contributed by atoms with Gasteiger partial charge in [-0.2, -0.15) is 0 Å². The van der Waals surface area contributed by atoms with Crippen LogP contribution in [0.25, 0.3) is 60.2 Å². The Balaban J connectivity index is 1.15. The first-order valence-corrected chi connectivity index (χ1v) is 16.8. The Morgan fingerprint density at radius 2 is 1.09 bits per heavy atom. The Hall–Kier alpha value is -5.71. The molecule has 47 heavy (non-hydrogen) atoms. The molecule has 1 aliphatic carbocycles. The fourth-order valence-electron chi connectivity index (χ4n) is 6.83. The zero-order chi connectivity index (χ0) is 31.2. The molecule has 0 radical (unpaired) electrons. The highest BCUT2D eigenvalue weighted by molar-refractivity contribution is 7.25. The minimum Gasteiger partial charge on any atom is -0.212 e. The lowest BCUT2D eigenvalue weighted by Crippen LogP contribution is -2.19. The van der Waals surface area contributed by atoms with Crippen LogP contribution in [0.4, 0.5) is 0 Å². The number of aromatic nitrogens is 3. The maximum Gasteiger partial charge on any atom is 0.163 e. The van der Waals surface area contributed by atoms with E-state index in [0.717, 1.165) is 17.0 Å². The zero-order valence-corrected chi connectivity index (χ0v) is 26.3. The fraction of sp³-hybridized carbons (Fsp3) is 0.0465. The smallest absolute Gasteiger partial charge is 0.163 e. The molecule has 0 saturated carbocycles. The van der Waals surface area contributed by atoms with E-state index in [2.05, 4.69) is 127 Å². The highest BCUT2D eigenvalue weighted by atomic mass is 32.1. The number of hydrogen-bond donors (Lipinski definition) is 0. The molecule has 0 amide bonds. The molecule has 0 saturated heterocycles. The summed E-state index contributed by atoms with van der Waals surface area (Å²) in [6, 6.07) is 53.6. The summed E-state index contributed by atoms with van der Waals surface area (Å²) in [5.74, 6) is 2.12. The average Bonchev–Trinajstić information content (AvgIpc) is 3.53. The molecule has 0 bridgehead atoms. The van der Waals surface area contributed by atoms with E-state index in [1.54, 1.807) is 0 Å². The number of fused-ring (bicyclic) bond motifs is 4. The van der Waals surface area contributed by atoms with E-state index in [4.69, 9.17) is 15.0 Å². The minimum atomic E-state index is -0.0801. The van der Waals surface area contributed by atoms with Gasteiger partial charge in [0.15, 0.2) is 11.6 Å². The first-order valence-electron chi connectivity index (χ1n) is 15.9. The number of nitrogens with zero attached hydrogens (tertiary/aromatic N) is 3. The Bertz CT molecular complexity index is 2350. The summed E-state index contributed by atoms with van der Waals surface area (Å²) in [7, 11) is 0. The van der Waals surface area contributed by atoms with E-state index in [0.29, 0.717) is 11.6 Å². The molecule has 0 N–H and O–H groups in total. The van der Waals surface area contributed by atoms with Crippen molar-refractivity contribution in [3.8, 4) is 33.9 Å². The first kappa shape index (κ1) is 27.6. The number of thiophene rings is 1. The van der Waals surface area contributed by atoms with E-state index in [1.807, 2.05) is 47.7 Å². The van der Waals surface area contributed by atoms with Crippen LogP contribution in [0.3, 0.4) is 0 Å². The van der Waals surface area contributed by atoms with Crippen molar-refractivity contribution in [3.05, 3.63) is 180 Å². The maximum absolute atomic E-state index is 5.19. The molecule has 0 spiro atoms. The van der Waals surface area contributed by atoms with Crippen molar-refractivity contribution in [3.63, 3.8) is 0 Å². The predicted molar refractivity (Wildman–Crippen MR) is 196 cm³/mol. The van der Waals surface area contributed by atoms with Gasteiger partial charge in [-0.25, -0.2) is 15.0 Å². The third-order valence-electron chi connectivity index (χ3n) is 9.17. The molecule has 2 unspecified atom stereocenters. The second-order valence-electron chi connectivity index (χ2n) is 12.0. The summed E-state index contributed by atoms with van der Waals surface area (Å²) in [6.45, 7) is 0. The largest absolute Gasteiger partial charge is 0.212 e. The van der Waals surface area contributed by atoms with Gasteiger partial charge < -0.3 is 0 Å². The Morgan fingerprint density at radius 1 is 0.468 bits per heavy atom. The monoisotopic (exact) mass is 619 g/mol. The summed E-state index contributed by atoms with van der Waals surface area (Å²) in [5.41, 5.74) is 8.04. The van der Waals surface area contributed by atoms with Gasteiger partial charge in [0.05, 0.1) is 5.92 Å². The van der Waals surface area contributed by atoms with Gasteiger partial charge >= 0.3 is 0 Å². The van der Waals surface area contributed by atoms with Gasteiger partial charge in [-0.15, -0.1) is 11.3 Å². The van der Waals surface area contributed by atoms with Gasteiger partial charge in [0, 0.05) is 37.2 Å². The van der Waals surface area contributed by atoms with Gasteiger partial charge in [0.2, 0.25) is 0 Å². The topological polar surface area (TPSA) is 38.7 Å². The molecule has 9 rings (SSSR count). The highest BCUT2D eigenvalue weighted by Crippen LogP contribution is 2.44. The van der Waals surface area contributed by atoms with Crippen molar-refractivity contribution in [1.29, 1.82) is 0 Å². The predicted octanol–water partition coefficient (Wildman–Crippen LogP) is 11.2. The van der Waals surface area contributed by atoms with Gasteiger partial charge in [-0.05, 0) is 46.0 Å². The second kappa shape index (κ2) is 11.6. The van der Waals surface area contributed by atoms with Crippen molar-refractivity contribution in [2.24, 2.45) is 0 Å².